The summed E-state index contributed by atoms with van der Waals surface area (Å²) in [6, 6.07) is 9.87. The third-order valence-corrected chi connectivity index (χ3v) is 4.01. The number of hydrogen-bond donors (Lipinski definition) is 0. The van der Waals surface area contributed by atoms with E-state index in [1.54, 1.807) is 6.08 Å². The Labute approximate surface area is 101 Å². The van der Waals surface area contributed by atoms with E-state index >= 15 is 0 Å². The van der Waals surface area contributed by atoms with E-state index in [4.69, 9.17) is 4.74 Å². The number of rotatable bonds is 1. The van der Waals surface area contributed by atoms with Crippen LogP contribution in [-0.2, 0) is 9.53 Å². The molecule has 17 heavy (non-hydrogen) atoms. The average molecular weight is 228 g/mol. The molecule has 0 saturated heterocycles. The highest BCUT2D eigenvalue weighted by Gasteiger charge is 2.51. The second kappa shape index (κ2) is 3.73. The first kappa shape index (κ1) is 10.6. The van der Waals surface area contributed by atoms with E-state index in [1.807, 2.05) is 30.3 Å². The van der Waals surface area contributed by atoms with Crippen molar-refractivity contribution in [2.75, 3.05) is 0 Å². The van der Waals surface area contributed by atoms with Gasteiger partial charge in [-0.15, -0.1) is 0 Å². The maximum Gasteiger partial charge on any atom is 0.203 e. The molecular formula is C15H16O2. The maximum absolute atomic E-state index is 12.2. The van der Waals surface area contributed by atoms with Gasteiger partial charge in [-0.05, 0) is 19.3 Å². The Balaban J connectivity index is 1.93. The lowest BCUT2D eigenvalue weighted by Crippen LogP contribution is -2.38. The van der Waals surface area contributed by atoms with Gasteiger partial charge in [0.05, 0.1) is 0 Å². The molecule has 0 unspecified atom stereocenters. The number of carbonyl (C=O) groups excluding carboxylic acids is 1. The first-order chi connectivity index (χ1) is 8.22. The summed E-state index contributed by atoms with van der Waals surface area (Å²) in [5.74, 6) is 1.22. The molecular weight excluding hydrogens is 212 g/mol. The Morgan fingerprint density at radius 2 is 2.06 bits per heavy atom. The van der Waals surface area contributed by atoms with E-state index < -0.39 is 5.60 Å². The van der Waals surface area contributed by atoms with Crippen molar-refractivity contribution >= 4 is 11.5 Å². The van der Waals surface area contributed by atoms with Crippen LogP contribution in [0.2, 0.25) is 0 Å². The lowest BCUT2D eigenvalue weighted by Gasteiger charge is -2.27. The Morgan fingerprint density at radius 1 is 1.29 bits per heavy atom. The Kier molecular flexibility index (Phi) is 2.32. The van der Waals surface area contributed by atoms with Gasteiger partial charge >= 0.3 is 0 Å². The quantitative estimate of drug-likeness (QED) is 0.738. The van der Waals surface area contributed by atoms with Gasteiger partial charge in [-0.25, -0.2) is 0 Å². The van der Waals surface area contributed by atoms with Crippen molar-refractivity contribution in [2.45, 2.75) is 31.8 Å². The lowest BCUT2D eigenvalue weighted by atomic mass is 9.89. The smallest absolute Gasteiger partial charge is 0.203 e. The van der Waals surface area contributed by atoms with E-state index in [9.17, 15) is 4.79 Å². The van der Waals surface area contributed by atoms with Crippen molar-refractivity contribution in [3.05, 3.63) is 42.0 Å². The van der Waals surface area contributed by atoms with Crippen molar-refractivity contribution in [3.8, 4) is 0 Å². The van der Waals surface area contributed by atoms with Crippen LogP contribution in [-0.4, -0.2) is 11.4 Å². The minimum atomic E-state index is -0.550. The van der Waals surface area contributed by atoms with Gasteiger partial charge in [0.1, 0.15) is 5.76 Å². The standard InChI is InChI=1S/C15H16O2/c1-11-6-5-9-15(11)14(16)10-13(17-15)12-7-3-2-4-8-12/h2-4,7-8,10-11H,5-6,9H2,1H3/t11-,15+/m1/s1. The largest absolute Gasteiger partial charge is 0.478 e. The normalized spacial score (nSPS) is 31.7. The monoisotopic (exact) mass is 228 g/mol. The van der Waals surface area contributed by atoms with E-state index in [0.717, 1.165) is 30.6 Å². The van der Waals surface area contributed by atoms with Crippen LogP contribution >= 0.6 is 0 Å². The molecule has 1 heterocycles. The van der Waals surface area contributed by atoms with Crippen LogP contribution in [0.3, 0.4) is 0 Å². The molecule has 1 aromatic carbocycles. The molecule has 1 aliphatic heterocycles. The summed E-state index contributed by atoms with van der Waals surface area (Å²) in [6.07, 6.45) is 4.71. The predicted molar refractivity (Wildman–Crippen MR) is 66.3 cm³/mol. The van der Waals surface area contributed by atoms with Crippen molar-refractivity contribution in [3.63, 3.8) is 0 Å². The fraction of sp³-hybridized carbons (Fsp3) is 0.400. The summed E-state index contributed by atoms with van der Waals surface area (Å²) in [7, 11) is 0. The zero-order valence-corrected chi connectivity index (χ0v) is 9.98. The van der Waals surface area contributed by atoms with Gasteiger partial charge in [-0.3, -0.25) is 4.79 Å². The summed E-state index contributed by atoms with van der Waals surface area (Å²) in [4.78, 5) is 12.2. The van der Waals surface area contributed by atoms with Crippen LogP contribution in [0.15, 0.2) is 36.4 Å². The minimum Gasteiger partial charge on any atom is -0.478 e. The third kappa shape index (κ3) is 1.51. The molecule has 0 bridgehead atoms. The van der Waals surface area contributed by atoms with Crippen molar-refractivity contribution < 1.29 is 9.53 Å². The first-order valence-electron chi connectivity index (χ1n) is 6.23. The minimum absolute atomic E-state index is 0.154. The summed E-state index contributed by atoms with van der Waals surface area (Å²) in [5, 5.41) is 0. The fourth-order valence-electron chi connectivity index (χ4n) is 2.93. The van der Waals surface area contributed by atoms with E-state index in [0.29, 0.717) is 5.92 Å². The predicted octanol–water partition coefficient (Wildman–Crippen LogP) is 3.19. The molecule has 0 amide bonds. The Hall–Kier alpha value is -1.57. The highest BCUT2D eigenvalue weighted by molar-refractivity contribution is 6.05. The molecule has 1 spiro atoms. The van der Waals surface area contributed by atoms with E-state index in [-0.39, 0.29) is 5.78 Å². The maximum atomic E-state index is 12.2. The van der Waals surface area contributed by atoms with E-state index in [1.165, 1.54) is 0 Å². The second-order valence-corrected chi connectivity index (χ2v) is 5.02. The Morgan fingerprint density at radius 3 is 2.71 bits per heavy atom. The number of ether oxygens (including phenoxy) is 1. The molecule has 2 nitrogen and oxygen atoms in total. The lowest BCUT2D eigenvalue weighted by molar-refractivity contribution is -0.131. The first-order valence-corrected chi connectivity index (χ1v) is 6.23. The third-order valence-electron chi connectivity index (χ3n) is 4.01. The van der Waals surface area contributed by atoms with Gasteiger partial charge in [0.2, 0.25) is 5.78 Å². The number of benzene rings is 1. The Bertz CT molecular complexity index is 475. The summed E-state index contributed by atoms with van der Waals surface area (Å²) in [6.45, 7) is 2.12. The SMILES string of the molecule is C[C@@H]1CCC[C@]12OC(c1ccccc1)=CC2=O. The molecule has 88 valence electrons. The van der Waals surface area contributed by atoms with E-state index in [2.05, 4.69) is 6.92 Å². The van der Waals surface area contributed by atoms with Crippen LogP contribution < -0.4 is 0 Å². The molecule has 1 aromatic rings. The molecule has 0 aromatic heterocycles. The van der Waals surface area contributed by atoms with Gasteiger partial charge in [0.15, 0.2) is 5.60 Å². The average Bonchev–Trinajstić information content (AvgIpc) is 2.88. The van der Waals surface area contributed by atoms with Crippen LogP contribution in [0.25, 0.3) is 5.76 Å². The zero-order valence-electron chi connectivity index (χ0n) is 9.98. The molecule has 1 aliphatic carbocycles. The summed E-state index contributed by atoms with van der Waals surface area (Å²) >= 11 is 0. The fourth-order valence-corrected chi connectivity index (χ4v) is 2.93. The highest BCUT2D eigenvalue weighted by Crippen LogP contribution is 2.46. The van der Waals surface area contributed by atoms with Crippen LogP contribution in [0.4, 0.5) is 0 Å². The van der Waals surface area contributed by atoms with Gasteiger partial charge < -0.3 is 4.74 Å². The topological polar surface area (TPSA) is 26.3 Å². The van der Waals surface area contributed by atoms with Gasteiger partial charge in [0, 0.05) is 17.6 Å². The molecule has 2 aliphatic rings. The molecule has 2 heteroatoms. The van der Waals surface area contributed by atoms with Crippen molar-refractivity contribution in [2.24, 2.45) is 5.92 Å². The molecule has 2 atom stereocenters. The zero-order chi connectivity index (χ0) is 11.9. The molecule has 1 saturated carbocycles. The van der Waals surface area contributed by atoms with Crippen molar-refractivity contribution in [1.82, 2.24) is 0 Å². The van der Waals surface area contributed by atoms with Crippen LogP contribution in [0.1, 0.15) is 31.7 Å². The van der Waals surface area contributed by atoms with Crippen molar-refractivity contribution in [1.29, 1.82) is 0 Å². The number of ketones is 1. The molecule has 0 N–H and O–H groups in total. The molecule has 1 fully saturated rings. The van der Waals surface area contributed by atoms with Crippen LogP contribution in [0.5, 0.6) is 0 Å². The number of hydrogen-bond acceptors (Lipinski definition) is 2. The summed E-state index contributed by atoms with van der Waals surface area (Å²) < 4.78 is 6.03. The van der Waals surface area contributed by atoms with Gasteiger partial charge in [-0.1, -0.05) is 37.3 Å². The highest BCUT2D eigenvalue weighted by atomic mass is 16.5. The summed E-state index contributed by atoms with van der Waals surface area (Å²) in [5.41, 5.74) is 0.447. The van der Waals surface area contributed by atoms with Gasteiger partial charge in [0.25, 0.3) is 0 Å². The van der Waals surface area contributed by atoms with Crippen LogP contribution in [0, 0.1) is 5.92 Å². The molecule has 0 radical (unpaired) electrons. The second-order valence-electron chi connectivity index (χ2n) is 5.02. The molecule has 3 rings (SSSR count). The van der Waals surface area contributed by atoms with Gasteiger partial charge in [-0.2, -0.15) is 0 Å². The number of carbonyl (C=O) groups is 1.